The molecule has 1 N–H and O–H groups in total. The zero-order valence-corrected chi connectivity index (χ0v) is 14.9. The minimum Gasteiger partial charge on any atom is -0.481 e. The Hall–Kier alpha value is -2.30. The molecule has 0 spiro atoms. The first kappa shape index (κ1) is 17.5. The van der Waals surface area contributed by atoms with Crippen molar-refractivity contribution in [1.29, 1.82) is 0 Å². The van der Waals surface area contributed by atoms with Gasteiger partial charge in [0, 0.05) is 31.9 Å². The van der Waals surface area contributed by atoms with Crippen LogP contribution < -0.4 is 4.90 Å². The van der Waals surface area contributed by atoms with E-state index >= 15 is 0 Å². The average molecular weight is 342 g/mol. The van der Waals surface area contributed by atoms with E-state index in [1.54, 1.807) is 0 Å². The van der Waals surface area contributed by atoms with Crippen LogP contribution in [-0.2, 0) is 9.59 Å². The van der Waals surface area contributed by atoms with Gasteiger partial charge < -0.3 is 14.9 Å². The van der Waals surface area contributed by atoms with E-state index in [0.717, 1.165) is 13.1 Å². The summed E-state index contributed by atoms with van der Waals surface area (Å²) < 4.78 is 0. The lowest BCUT2D eigenvalue weighted by atomic mass is 9.82. The number of nitrogens with zero attached hydrogens (tertiary/aromatic N) is 2. The van der Waals surface area contributed by atoms with Gasteiger partial charge in [-0.05, 0) is 43.9 Å². The number of hydrogen-bond donors (Lipinski definition) is 1. The Morgan fingerprint density at radius 3 is 2.28 bits per heavy atom. The van der Waals surface area contributed by atoms with Crippen molar-refractivity contribution < 1.29 is 14.7 Å². The van der Waals surface area contributed by atoms with Crippen molar-refractivity contribution in [3.8, 4) is 0 Å². The van der Waals surface area contributed by atoms with E-state index in [9.17, 15) is 14.7 Å². The van der Waals surface area contributed by atoms with Crippen molar-refractivity contribution in [2.45, 2.75) is 26.7 Å². The summed E-state index contributed by atoms with van der Waals surface area (Å²) >= 11 is 0. The van der Waals surface area contributed by atoms with E-state index in [-0.39, 0.29) is 5.91 Å². The molecule has 1 saturated heterocycles. The molecule has 0 bridgehead atoms. The molecular formula is C20H26N2O3. The van der Waals surface area contributed by atoms with Gasteiger partial charge in [-0.2, -0.15) is 0 Å². The first-order valence-electron chi connectivity index (χ1n) is 8.97. The Morgan fingerprint density at radius 2 is 1.64 bits per heavy atom. The van der Waals surface area contributed by atoms with Crippen molar-refractivity contribution in [2.75, 3.05) is 31.1 Å². The first-order valence-corrected chi connectivity index (χ1v) is 8.97. The van der Waals surface area contributed by atoms with Crippen LogP contribution in [0.2, 0.25) is 0 Å². The Balaban J connectivity index is 1.65. The molecule has 0 unspecified atom stereocenters. The summed E-state index contributed by atoms with van der Waals surface area (Å²) in [5.41, 5.74) is 3.79. The van der Waals surface area contributed by atoms with Gasteiger partial charge in [-0.3, -0.25) is 9.59 Å². The second kappa shape index (κ2) is 7.30. The van der Waals surface area contributed by atoms with Crippen LogP contribution in [0.15, 0.2) is 30.4 Å². The lowest BCUT2D eigenvalue weighted by molar-refractivity contribution is -0.150. The number of carbonyl (C=O) groups is 2. The molecule has 134 valence electrons. The molecule has 0 radical (unpaired) electrons. The van der Waals surface area contributed by atoms with Gasteiger partial charge in [-0.15, -0.1) is 0 Å². The molecule has 1 heterocycles. The largest absolute Gasteiger partial charge is 0.481 e. The minimum atomic E-state index is -0.864. The summed E-state index contributed by atoms with van der Waals surface area (Å²) in [5.74, 6) is -1.88. The zero-order chi connectivity index (χ0) is 18.0. The van der Waals surface area contributed by atoms with Crippen LogP contribution in [0.25, 0.3) is 0 Å². The summed E-state index contributed by atoms with van der Waals surface area (Å²) in [7, 11) is 0. The molecule has 1 aliphatic heterocycles. The predicted octanol–water partition coefficient (Wildman–Crippen LogP) is 2.62. The monoisotopic (exact) mass is 342 g/mol. The molecule has 5 heteroatoms. The topological polar surface area (TPSA) is 60.9 Å². The normalized spacial score (nSPS) is 23.6. The molecule has 1 amide bonds. The van der Waals surface area contributed by atoms with Crippen molar-refractivity contribution in [3.05, 3.63) is 41.5 Å². The van der Waals surface area contributed by atoms with E-state index < -0.39 is 17.8 Å². The third-order valence-electron chi connectivity index (χ3n) is 5.57. The number of hydrogen-bond acceptors (Lipinski definition) is 3. The summed E-state index contributed by atoms with van der Waals surface area (Å²) in [6.07, 6.45) is 4.80. The second-order valence-corrected chi connectivity index (χ2v) is 7.03. The van der Waals surface area contributed by atoms with Gasteiger partial charge in [0.15, 0.2) is 0 Å². The molecule has 2 aliphatic rings. The van der Waals surface area contributed by atoms with E-state index in [2.05, 4.69) is 36.9 Å². The fourth-order valence-electron chi connectivity index (χ4n) is 3.84. The highest BCUT2D eigenvalue weighted by Gasteiger charge is 2.37. The van der Waals surface area contributed by atoms with Crippen LogP contribution in [0.1, 0.15) is 24.0 Å². The van der Waals surface area contributed by atoms with E-state index in [1.807, 2.05) is 17.1 Å². The van der Waals surface area contributed by atoms with Crippen molar-refractivity contribution in [3.63, 3.8) is 0 Å². The first-order chi connectivity index (χ1) is 12.0. The number of aryl methyl sites for hydroxylation is 1. The van der Waals surface area contributed by atoms with Gasteiger partial charge in [0.2, 0.25) is 5.91 Å². The van der Waals surface area contributed by atoms with Crippen LogP contribution in [0.4, 0.5) is 5.69 Å². The Bertz CT molecular complexity index is 690. The predicted molar refractivity (Wildman–Crippen MR) is 97.7 cm³/mol. The van der Waals surface area contributed by atoms with Gasteiger partial charge in [-0.25, -0.2) is 0 Å². The third kappa shape index (κ3) is 3.55. The molecule has 0 aromatic heterocycles. The number of carboxylic acids is 1. The van der Waals surface area contributed by atoms with Crippen LogP contribution in [-0.4, -0.2) is 48.1 Å². The fourth-order valence-corrected chi connectivity index (χ4v) is 3.84. The van der Waals surface area contributed by atoms with Crippen molar-refractivity contribution in [1.82, 2.24) is 4.90 Å². The Labute approximate surface area is 148 Å². The van der Waals surface area contributed by atoms with Crippen molar-refractivity contribution >= 4 is 17.6 Å². The molecule has 1 aromatic carbocycles. The summed E-state index contributed by atoms with van der Waals surface area (Å²) in [6, 6.07) is 6.31. The molecule has 2 atom stereocenters. The van der Waals surface area contributed by atoms with Gasteiger partial charge in [-0.1, -0.05) is 24.3 Å². The standard InChI is InChI=1S/C20H26N2O3/c1-14-6-5-9-18(15(14)2)21-10-12-22(13-11-21)19(23)16-7-3-4-8-17(16)20(24)25/h3-6,9,16-17H,7-8,10-13H2,1-2H3,(H,24,25)/t16-,17+/m0/s1. The number of anilines is 1. The van der Waals surface area contributed by atoms with Crippen LogP contribution in [0, 0.1) is 25.7 Å². The van der Waals surface area contributed by atoms with E-state index in [0.29, 0.717) is 25.9 Å². The molecule has 5 nitrogen and oxygen atoms in total. The molecule has 25 heavy (non-hydrogen) atoms. The fraction of sp³-hybridized carbons (Fsp3) is 0.500. The smallest absolute Gasteiger partial charge is 0.307 e. The lowest BCUT2D eigenvalue weighted by Gasteiger charge is -2.39. The van der Waals surface area contributed by atoms with E-state index in [4.69, 9.17) is 0 Å². The lowest BCUT2D eigenvalue weighted by Crippen LogP contribution is -2.52. The van der Waals surface area contributed by atoms with Gasteiger partial charge in [0.25, 0.3) is 0 Å². The molecule has 1 aromatic rings. The molecule has 3 rings (SSSR count). The van der Waals surface area contributed by atoms with Crippen LogP contribution >= 0.6 is 0 Å². The number of allylic oxidation sites excluding steroid dienone is 2. The highest BCUT2D eigenvalue weighted by Crippen LogP contribution is 2.29. The zero-order valence-electron chi connectivity index (χ0n) is 14.9. The Morgan fingerprint density at radius 1 is 1.00 bits per heavy atom. The highest BCUT2D eigenvalue weighted by molar-refractivity contribution is 5.85. The van der Waals surface area contributed by atoms with Gasteiger partial charge in [0.1, 0.15) is 0 Å². The number of carbonyl (C=O) groups excluding carboxylic acids is 1. The SMILES string of the molecule is Cc1cccc(N2CCN(C(=O)[C@H]3CC=CC[C@H]3C(=O)O)CC2)c1C. The average Bonchev–Trinajstić information content (AvgIpc) is 2.63. The molecule has 0 saturated carbocycles. The Kier molecular flexibility index (Phi) is 5.11. The number of rotatable bonds is 3. The van der Waals surface area contributed by atoms with E-state index in [1.165, 1.54) is 16.8 Å². The van der Waals surface area contributed by atoms with Crippen LogP contribution in [0.3, 0.4) is 0 Å². The third-order valence-corrected chi connectivity index (χ3v) is 5.57. The molecule has 1 fully saturated rings. The van der Waals surface area contributed by atoms with Gasteiger partial charge >= 0.3 is 5.97 Å². The quantitative estimate of drug-likeness (QED) is 0.858. The summed E-state index contributed by atoms with van der Waals surface area (Å²) in [6.45, 7) is 7.12. The molecular weight excluding hydrogens is 316 g/mol. The second-order valence-electron chi connectivity index (χ2n) is 7.03. The number of aliphatic carboxylic acids is 1. The van der Waals surface area contributed by atoms with Crippen LogP contribution in [0.5, 0.6) is 0 Å². The maximum Gasteiger partial charge on any atom is 0.307 e. The summed E-state index contributed by atoms with van der Waals surface area (Å²) in [5, 5.41) is 9.39. The number of benzene rings is 1. The molecule has 1 aliphatic carbocycles. The van der Waals surface area contributed by atoms with Crippen molar-refractivity contribution in [2.24, 2.45) is 11.8 Å². The maximum atomic E-state index is 12.8. The highest BCUT2D eigenvalue weighted by atomic mass is 16.4. The number of piperazine rings is 1. The maximum absolute atomic E-state index is 12.8. The minimum absolute atomic E-state index is 0.00244. The number of carboxylic acid groups (broad SMARTS) is 1. The van der Waals surface area contributed by atoms with Gasteiger partial charge in [0.05, 0.1) is 11.8 Å². The number of amides is 1. The summed E-state index contributed by atoms with van der Waals surface area (Å²) in [4.78, 5) is 28.5.